The molecule has 0 unspecified atom stereocenters. The van der Waals surface area contributed by atoms with Gasteiger partial charge in [0, 0.05) is 50.7 Å². The SMILES string of the molecule is CN(C)C[C@@H]1OCCN(C(=O)CCc2ccncc2)[C@H]1c1cnn(C)c1. The summed E-state index contributed by atoms with van der Waals surface area (Å²) in [6, 6.07) is 3.81. The van der Waals surface area contributed by atoms with Crippen LogP contribution in [-0.4, -0.2) is 70.4 Å². The van der Waals surface area contributed by atoms with Crippen LogP contribution in [0.25, 0.3) is 0 Å². The van der Waals surface area contributed by atoms with Crippen molar-refractivity contribution in [2.75, 3.05) is 33.8 Å². The zero-order chi connectivity index (χ0) is 18.5. The Hall–Kier alpha value is -2.25. The van der Waals surface area contributed by atoms with Gasteiger partial charge < -0.3 is 14.5 Å². The van der Waals surface area contributed by atoms with Crippen LogP contribution in [0.1, 0.15) is 23.6 Å². The first kappa shape index (κ1) is 18.5. The van der Waals surface area contributed by atoms with Crippen molar-refractivity contribution in [3.63, 3.8) is 0 Å². The Labute approximate surface area is 154 Å². The van der Waals surface area contributed by atoms with Crippen molar-refractivity contribution in [1.29, 1.82) is 0 Å². The fraction of sp³-hybridized carbons (Fsp3) is 0.526. The van der Waals surface area contributed by atoms with E-state index in [0.717, 1.165) is 24.1 Å². The Kier molecular flexibility index (Phi) is 6.00. The van der Waals surface area contributed by atoms with E-state index < -0.39 is 0 Å². The lowest BCUT2D eigenvalue weighted by Crippen LogP contribution is -2.51. The van der Waals surface area contributed by atoms with Gasteiger partial charge in [-0.2, -0.15) is 5.10 Å². The highest BCUT2D eigenvalue weighted by Crippen LogP contribution is 2.30. The monoisotopic (exact) mass is 357 g/mol. The second-order valence-electron chi connectivity index (χ2n) is 7.01. The van der Waals surface area contributed by atoms with E-state index in [0.29, 0.717) is 19.6 Å². The van der Waals surface area contributed by atoms with Gasteiger partial charge in [-0.25, -0.2) is 0 Å². The summed E-state index contributed by atoms with van der Waals surface area (Å²) in [7, 11) is 5.94. The third-order valence-electron chi connectivity index (χ3n) is 4.66. The van der Waals surface area contributed by atoms with Crippen molar-refractivity contribution in [1.82, 2.24) is 24.6 Å². The zero-order valence-corrected chi connectivity index (χ0v) is 15.7. The number of amides is 1. The number of pyridine rings is 1. The van der Waals surface area contributed by atoms with Crippen molar-refractivity contribution < 1.29 is 9.53 Å². The number of aromatic nitrogens is 3. The number of nitrogens with zero attached hydrogens (tertiary/aromatic N) is 5. The van der Waals surface area contributed by atoms with Gasteiger partial charge in [0.15, 0.2) is 0 Å². The second kappa shape index (κ2) is 8.42. The molecule has 0 bridgehead atoms. The van der Waals surface area contributed by atoms with Gasteiger partial charge in [0.05, 0.1) is 24.9 Å². The van der Waals surface area contributed by atoms with E-state index in [-0.39, 0.29) is 18.1 Å². The molecule has 26 heavy (non-hydrogen) atoms. The number of rotatable bonds is 6. The van der Waals surface area contributed by atoms with Crippen LogP contribution < -0.4 is 0 Å². The van der Waals surface area contributed by atoms with E-state index in [1.807, 2.05) is 50.6 Å². The van der Waals surface area contributed by atoms with Crippen LogP contribution in [0.5, 0.6) is 0 Å². The summed E-state index contributed by atoms with van der Waals surface area (Å²) in [6.45, 7) is 1.93. The smallest absolute Gasteiger partial charge is 0.223 e. The summed E-state index contributed by atoms with van der Waals surface area (Å²) >= 11 is 0. The van der Waals surface area contributed by atoms with Crippen LogP contribution >= 0.6 is 0 Å². The molecule has 1 saturated heterocycles. The molecule has 2 aromatic heterocycles. The van der Waals surface area contributed by atoms with Crippen LogP contribution in [-0.2, 0) is 23.0 Å². The Morgan fingerprint density at radius 1 is 1.35 bits per heavy atom. The largest absolute Gasteiger partial charge is 0.373 e. The first-order chi connectivity index (χ1) is 12.5. The number of carbonyl (C=O) groups excluding carboxylic acids is 1. The van der Waals surface area contributed by atoms with Crippen molar-refractivity contribution in [3.05, 3.63) is 48.0 Å². The molecule has 3 rings (SSSR count). The van der Waals surface area contributed by atoms with Gasteiger partial charge in [0.1, 0.15) is 0 Å². The van der Waals surface area contributed by atoms with Gasteiger partial charge in [-0.3, -0.25) is 14.5 Å². The fourth-order valence-electron chi connectivity index (χ4n) is 3.46. The Bertz CT molecular complexity index is 716. The van der Waals surface area contributed by atoms with Crippen LogP contribution in [0.3, 0.4) is 0 Å². The van der Waals surface area contributed by atoms with Crippen molar-refractivity contribution in [3.8, 4) is 0 Å². The number of likely N-dealkylation sites (N-methyl/N-ethyl adjacent to an activating group) is 1. The lowest BCUT2D eigenvalue weighted by Gasteiger charge is -2.42. The third-order valence-corrected chi connectivity index (χ3v) is 4.66. The molecule has 140 valence electrons. The second-order valence-corrected chi connectivity index (χ2v) is 7.01. The number of morpholine rings is 1. The third kappa shape index (κ3) is 4.47. The molecule has 2 aromatic rings. The Morgan fingerprint density at radius 3 is 2.77 bits per heavy atom. The average Bonchev–Trinajstić information content (AvgIpc) is 3.06. The molecule has 1 fully saturated rings. The molecule has 7 nitrogen and oxygen atoms in total. The molecule has 1 aliphatic heterocycles. The summed E-state index contributed by atoms with van der Waals surface area (Å²) in [4.78, 5) is 21.1. The van der Waals surface area contributed by atoms with Crippen LogP contribution in [0.4, 0.5) is 0 Å². The standard InChI is InChI=1S/C19H27N5O2/c1-22(2)14-17-19(16-12-21-23(3)13-16)24(10-11-26-17)18(25)5-4-15-6-8-20-9-7-15/h6-9,12-13,17,19H,4-5,10-11,14H2,1-3H3/t17-,19-/m0/s1. The minimum atomic E-state index is -0.107. The predicted octanol–water partition coefficient (Wildman–Crippen LogP) is 1.28. The first-order valence-corrected chi connectivity index (χ1v) is 8.98. The van der Waals surface area contributed by atoms with Gasteiger partial charge in [-0.15, -0.1) is 0 Å². The molecule has 0 saturated carbocycles. The molecule has 0 aromatic carbocycles. The van der Waals surface area contributed by atoms with E-state index in [9.17, 15) is 4.79 Å². The Balaban J connectivity index is 1.76. The lowest BCUT2D eigenvalue weighted by molar-refractivity contribution is -0.148. The number of hydrogen-bond acceptors (Lipinski definition) is 5. The topological polar surface area (TPSA) is 63.5 Å². The molecule has 7 heteroatoms. The molecule has 1 amide bonds. The van der Waals surface area contributed by atoms with Gasteiger partial charge in [-0.05, 0) is 38.2 Å². The van der Waals surface area contributed by atoms with E-state index >= 15 is 0 Å². The normalized spacial score (nSPS) is 20.5. The van der Waals surface area contributed by atoms with E-state index in [1.54, 1.807) is 17.1 Å². The first-order valence-electron chi connectivity index (χ1n) is 8.98. The van der Waals surface area contributed by atoms with Gasteiger partial charge in [0.2, 0.25) is 5.91 Å². The molecule has 0 N–H and O–H groups in total. The minimum Gasteiger partial charge on any atom is -0.373 e. The van der Waals surface area contributed by atoms with Gasteiger partial charge in [-0.1, -0.05) is 0 Å². The molecular formula is C19H27N5O2. The molecule has 3 heterocycles. The van der Waals surface area contributed by atoms with Crippen molar-refractivity contribution >= 4 is 5.91 Å². The van der Waals surface area contributed by atoms with Crippen LogP contribution in [0.2, 0.25) is 0 Å². The highest BCUT2D eigenvalue weighted by molar-refractivity contribution is 5.77. The summed E-state index contributed by atoms with van der Waals surface area (Å²) in [6.07, 6.45) is 8.48. The molecular weight excluding hydrogens is 330 g/mol. The average molecular weight is 357 g/mol. The molecule has 1 aliphatic rings. The maximum atomic E-state index is 13.0. The molecule has 0 spiro atoms. The van der Waals surface area contributed by atoms with E-state index in [1.165, 1.54) is 0 Å². The molecule has 0 aliphatic carbocycles. The highest BCUT2D eigenvalue weighted by atomic mass is 16.5. The Morgan fingerprint density at radius 2 is 2.12 bits per heavy atom. The minimum absolute atomic E-state index is 0.0622. The molecule has 2 atom stereocenters. The maximum absolute atomic E-state index is 13.0. The maximum Gasteiger partial charge on any atom is 0.223 e. The van der Waals surface area contributed by atoms with Crippen molar-refractivity contribution in [2.45, 2.75) is 25.0 Å². The van der Waals surface area contributed by atoms with E-state index in [4.69, 9.17) is 4.74 Å². The number of aryl methyl sites for hydroxylation is 2. The number of ether oxygens (including phenoxy) is 1. The van der Waals surface area contributed by atoms with E-state index in [2.05, 4.69) is 15.0 Å². The van der Waals surface area contributed by atoms with Gasteiger partial charge >= 0.3 is 0 Å². The lowest BCUT2D eigenvalue weighted by atomic mass is 9.99. The highest BCUT2D eigenvalue weighted by Gasteiger charge is 2.37. The fourth-order valence-corrected chi connectivity index (χ4v) is 3.46. The summed E-state index contributed by atoms with van der Waals surface area (Å²) in [5, 5.41) is 4.30. The quantitative estimate of drug-likeness (QED) is 0.779. The summed E-state index contributed by atoms with van der Waals surface area (Å²) in [5.41, 5.74) is 2.15. The number of carbonyl (C=O) groups is 1. The number of hydrogen-bond donors (Lipinski definition) is 0. The van der Waals surface area contributed by atoms with Crippen LogP contribution in [0, 0.1) is 0 Å². The summed E-state index contributed by atoms with van der Waals surface area (Å²) < 4.78 is 7.80. The van der Waals surface area contributed by atoms with Crippen molar-refractivity contribution in [2.24, 2.45) is 7.05 Å². The zero-order valence-electron chi connectivity index (χ0n) is 15.7. The summed E-state index contributed by atoms with van der Waals surface area (Å²) in [5.74, 6) is 0.155. The predicted molar refractivity (Wildman–Crippen MR) is 98.5 cm³/mol. The van der Waals surface area contributed by atoms with Gasteiger partial charge in [0.25, 0.3) is 0 Å². The van der Waals surface area contributed by atoms with Crippen LogP contribution in [0.15, 0.2) is 36.9 Å². The molecule has 0 radical (unpaired) electrons.